The summed E-state index contributed by atoms with van der Waals surface area (Å²) in [5, 5.41) is 3.13. The molecule has 2 rings (SSSR count). The number of hydrogen-bond acceptors (Lipinski definition) is 4. The smallest absolute Gasteiger partial charge is 0.169 e. The third-order valence-corrected chi connectivity index (χ3v) is 2.54. The predicted octanol–water partition coefficient (Wildman–Crippen LogP) is 3.21. The topological polar surface area (TPSA) is 51.0 Å². The average molecular weight is 333 g/mol. The van der Waals surface area contributed by atoms with Crippen LogP contribution in [0, 0.1) is 0 Å². The van der Waals surface area contributed by atoms with Crippen molar-refractivity contribution in [2.24, 2.45) is 0 Å². The van der Waals surface area contributed by atoms with Gasteiger partial charge in [0.15, 0.2) is 4.67 Å². The highest BCUT2D eigenvalue weighted by atomic mass is 79.9. The second-order valence-corrected chi connectivity index (χ2v) is 4.43. The Morgan fingerprint density at radius 1 is 1.27 bits per heavy atom. The van der Waals surface area contributed by atoms with Gasteiger partial charge in [-0.15, -0.1) is 0 Å². The van der Waals surface area contributed by atoms with E-state index in [2.05, 4.69) is 47.1 Å². The van der Waals surface area contributed by atoms with Gasteiger partial charge in [-0.1, -0.05) is 0 Å². The molecule has 0 amide bonds. The Kier molecular flexibility index (Phi) is 3.37. The summed E-state index contributed by atoms with van der Waals surface area (Å²) < 4.78 is 6.55. The Balaban J connectivity index is 1.96. The first-order valence-electron chi connectivity index (χ1n) is 4.18. The summed E-state index contributed by atoms with van der Waals surface area (Å²) in [6.07, 6.45) is 5.00. The SMILES string of the molecule is Brc1cnc(NCc2coc(Br)c2)cn1. The maximum atomic E-state index is 5.11. The van der Waals surface area contributed by atoms with E-state index < -0.39 is 0 Å². The largest absolute Gasteiger partial charge is 0.457 e. The molecule has 0 fully saturated rings. The molecular formula is C9H7Br2N3O. The zero-order valence-corrected chi connectivity index (χ0v) is 10.7. The number of halogens is 2. The van der Waals surface area contributed by atoms with Crippen molar-refractivity contribution >= 4 is 37.7 Å². The van der Waals surface area contributed by atoms with Gasteiger partial charge in [-0.25, -0.2) is 9.97 Å². The number of nitrogens with one attached hydrogen (secondary N) is 1. The van der Waals surface area contributed by atoms with Crippen LogP contribution in [0.5, 0.6) is 0 Å². The fourth-order valence-electron chi connectivity index (χ4n) is 1.03. The lowest BCUT2D eigenvalue weighted by Crippen LogP contribution is -2.00. The molecule has 0 saturated heterocycles. The molecule has 2 heterocycles. The molecule has 2 aromatic rings. The van der Waals surface area contributed by atoms with Gasteiger partial charge in [0.2, 0.25) is 0 Å². The summed E-state index contributed by atoms with van der Waals surface area (Å²) in [6.45, 7) is 0.658. The van der Waals surface area contributed by atoms with Crippen molar-refractivity contribution in [3.8, 4) is 0 Å². The summed E-state index contributed by atoms with van der Waals surface area (Å²) in [4.78, 5) is 8.19. The van der Waals surface area contributed by atoms with Crippen molar-refractivity contribution in [1.29, 1.82) is 0 Å². The zero-order valence-electron chi connectivity index (χ0n) is 7.58. The predicted molar refractivity (Wildman–Crippen MR) is 63.5 cm³/mol. The van der Waals surface area contributed by atoms with Crippen LogP contribution in [0.4, 0.5) is 5.82 Å². The van der Waals surface area contributed by atoms with E-state index in [0.717, 1.165) is 20.7 Å². The number of anilines is 1. The molecule has 0 aromatic carbocycles. The molecule has 6 heteroatoms. The van der Waals surface area contributed by atoms with Gasteiger partial charge in [0.1, 0.15) is 10.4 Å². The van der Waals surface area contributed by atoms with E-state index in [1.54, 1.807) is 18.7 Å². The Hall–Kier alpha value is -0.880. The zero-order chi connectivity index (χ0) is 10.7. The summed E-state index contributed by atoms with van der Waals surface area (Å²) >= 11 is 6.46. The third kappa shape index (κ3) is 3.04. The first kappa shape index (κ1) is 10.6. The summed E-state index contributed by atoms with van der Waals surface area (Å²) in [7, 11) is 0. The average Bonchev–Trinajstić information content (AvgIpc) is 2.64. The van der Waals surface area contributed by atoms with Crippen LogP contribution >= 0.6 is 31.9 Å². The first-order chi connectivity index (χ1) is 7.24. The van der Waals surface area contributed by atoms with E-state index >= 15 is 0 Å². The Morgan fingerprint density at radius 3 is 2.73 bits per heavy atom. The van der Waals surface area contributed by atoms with Gasteiger partial charge < -0.3 is 9.73 Å². The Labute approximate surface area is 103 Å². The molecule has 0 spiro atoms. The molecule has 78 valence electrons. The molecule has 0 atom stereocenters. The first-order valence-corrected chi connectivity index (χ1v) is 5.77. The molecule has 0 radical (unpaired) electrons. The molecule has 0 aliphatic carbocycles. The molecule has 0 aliphatic rings. The van der Waals surface area contributed by atoms with Crippen molar-refractivity contribution in [2.75, 3.05) is 5.32 Å². The van der Waals surface area contributed by atoms with Crippen LogP contribution in [0.1, 0.15) is 5.56 Å². The minimum Gasteiger partial charge on any atom is -0.457 e. The maximum Gasteiger partial charge on any atom is 0.169 e. The number of aromatic nitrogens is 2. The summed E-state index contributed by atoms with van der Waals surface area (Å²) in [5.41, 5.74) is 1.05. The normalized spacial score (nSPS) is 10.3. The standard InChI is InChI=1S/C9H7Br2N3O/c10-7-3-14-9(4-12-7)13-2-6-1-8(11)15-5-6/h1,3-5H,2H2,(H,13,14). The second-order valence-electron chi connectivity index (χ2n) is 2.84. The van der Waals surface area contributed by atoms with Crippen LogP contribution in [0.2, 0.25) is 0 Å². The third-order valence-electron chi connectivity index (χ3n) is 1.72. The Bertz CT molecular complexity index is 441. The molecular weight excluding hydrogens is 326 g/mol. The highest BCUT2D eigenvalue weighted by Gasteiger charge is 1.99. The quantitative estimate of drug-likeness (QED) is 0.937. The summed E-state index contributed by atoms with van der Waals surface area (Å²) in [6, 6.07) is 1.90. The minimum atomic E-state index is 0.658. The van der Waals surface area contributed by atoms with Crippen LogP contribution in [0.25, 0.3) is 0 Å². The van der Waals surface area contributed by atoms with Crippen molar-refractivity contribution in [3.63, 3.8) is 0 Å². The van der Waals surface area contributed by atoms with Gasteiger partial charge in [0.05, 0.1) is 18.7 Å². The van der Waals surface area contributed by atoms with Crippen LogP contribution in [-0.2, 0) is 6.54 Å². The molecule has 0 saturated carbocycles. The molecule has 0 aliphatic heterocycles. The van der Waals surface area contributed by atoms with Crippen molar-refractivity contribution in [1.82, 2.24) is 9.97 Å². The lowest BCUT2D eigenvalue weighted by Gasteiger charge is -2.01. The highest BCUT2D eigenvalue weighted by molar-refractivity contribution is 9.10. The van der Waals surface area contributed by atoms with Crippen LogP contribution in [0.3, 0.4) is 0 Å². The second kappa shape index (κ2) is 4.76. The highest BCUT2D eigenvalue weighted by Crippen LogP contribution is 2.15. The Morgan fingerprint density at radius 2 is 2.13 bits per heavy atom. The number of nitrogens with zero attached hydrogens (tertiary/aromatic N) is 2. The lowest BCUT2D eigenvalue weighted by atomic mass is 10.3. The van der Waals surface area contributed by atoms with E-state index in [1.807, 2.05) is 6.07 Å². The molecule has 0 bridgehead atoms. The lowest BCUT2D eigenvalue weighted by molar-refractivity contribution is 0.539. The fourth-order valence-corrected chi connectivity index (χ4v) is 1.63. The van der Waals surface area contributed by atoms with Crippen molar-refractivity contribution in [2.45, 2.75) is 6.54 Å². The van der Waals surface area contributed by atoms with Gasteiger partial charge in [0.25, 0.3) is 0 Å². The van der Waals surface area contributed by atoms with Gasteiger partial charge in [-0.05, 0) is 37.9 Å². The van der Waals surface area contributed by atoms with Crippen LogP contribution < -0.4 is 5.32 Å². The van der Waals surface area contributed by atoms with Gasteiger partial charge in [-0.3, -0.25) is 0 Å². The minimum absolute atomic E-state index is 0.658. The van der Waals surface area contributed by atoms with Crippen LogP contribution in [0.15, 0.2) is 38.4 Å². The molecule has 1 N–H and O–H groups in total. The molecule has 2 aromatic heterocycles. The van der Waals surface area contributed by atoms with Gasteiger partial charge >= 0.3 is 0 Å². The van der Waals surface area contributed by atoms with E-state index in [0.29, 0.717) is 6.54 Å². The maximum absolute atomic E-state index is 5.11. The van der Waals surface area contributed by atoms with E-state index in [1.165, 1.54) is 0 Å². The fraction of sp³-hybridized carbons (Fsp3) is 0.111. The monoisotopic (exact) mass is 331 g/mol. The summed E-state index contributed by atoms with van der Waals surface area (Å²) in [5.74, 6) is 0.732. The van der Waals surface area contributed by atoms with Gasteiger partial charge in [-0.2, -0.15) is 0 Å². The van der Waals surface area contributed by atoms with Crippen molar-refractivity contribution in [3.05, 3.63) is 39.6 Å². The van der Waals surface area contributed by atoms with Crippen LogP contribution in [-0.4, -0.2) is 9.97 Å². The van der Waals surface area contributed by atoms with E-state index in [-0.39, 0.29) is 0 Å². The van der Waals surface area contributed by atoms with E-state index in [9.17, 15) is 0 Å². The number of hydrogen-bond donors (Lipinski definition) is 1. The molecule has 4 nitrogen and oxygen atoms in total. The van der Waals surface area contributed by atoms with Gasteiger partial charge in [0, 0.05) is 12.1 Å². The number of furan rings is 1. The molecule has 0 unspecified atom stereocenters. The van der Waals surface area contributed by atoms with Crippen molar-refractivity contribution < 1.29 is 4.42 Å². The van der Waals surface area contributed by atoms with E-state index in [4.69, 9.17) is 4.42 Å². The number of rotatable bonds is 3. The molecule has 15 heavy (non-hydrogen) atoms.